The van der Waals surface area contributed by atoms with Crippen LogP contribution >= 0.6 is 22.9 Å². The van der Waals surface area contributed by atoms with Gasteiger partial charge in [0.1, 0.15) is 0 Å². The molecule has 72 valence electrons. The number of carbonyl (C=O) groups is 1. The molecule has 0 saturated carbocycles. The minimum absolute atomic E-state index is 0.0550. The van der Waals surface area contributed by atoms with Crippen LogP contribution in [0.3, 0.4) is 0 Å². The maximum Gasteiger partial charge on any atom is 0.175 e. The van der Waals surface area contributed by atoms with Gasteiger partial charge in [-0.25, -0.2) is 0 Å². The third-order valence-electron chi connectivity index (χ3n) is 1.85. The molecule has 0 aromatic carbocycles. The van der Waals surface area contributed by atoms with Gasteiger partial charge in [0.25, 0.3) is 0 Å². The largest absolute Gasteiger partial charge is 0.293 e. The summed E-state index contributed by atoms with van der Waals surface area (Å²) in [7, 11) is 0. The van der Waals surface area contributed by atoms with Crippen molar-refractivity contribution in [1.29, 1.82) is 0 Å². The quantitative estimate of drug-likeness (QED) is 0.703. The van der Waals surface area contributed by atoms with E-state index in [2.05, 4.69) is 0 Å². The van der Waals surface area contributed by atoms with E-state index in [4.69, 9.17) is 11.6 Å². The van der Waals surface area contributed by atoms with E-state index in [-0.39, 0.29) is 11.7 Å². The Morgan fingerprint density at radius 2 is 2.23 bits per heavy atom. The van der Waals surface area contributed by atoms with Gasteiger partial charge in [-0.05, 0) is 12.5 Å². The lowest BCUT2D eigenvalue weighted by Crippen LogP contribution is -2.04. The average Bonchev–Trinajstić information content (AvgIpc) is 2.45. The van der Waals surface area contributed by atoms with E-state index in [1.807, 2.05) is 20.8 Å². The standard InChI is InChI=1S/C10H13ClOS/c1-4-8-7(11)5-9(13-8)10(12)6(2)3/h5-6H,4H2,1-3H3. The molecule has 0 fully saturated rings. The minimum Gasteiger partial charge on any atom is -0.293 e. The van der Waals surface area contributed by atoms with Crippen molar-refractivity contribution in [3.63, 3.8) is 0 Å². The van der Waals surface area contributed by atoms with Crippen molar-refractivity contribution in [3.05, 3.63) is 20.8 Å². The molecule has 0 aliphatic heterocycles. The molecule has 0 radical (unpaired) electrons. The Kier molecular flexibility index (Phi) is 3.51. The van der Waals surface area contributed by atoms with Crippen LogP contribution in [0.5, 0.6) is 0 Å². The molecule has 0 atom stereocenters. The molecule has 3 heteroatoms. The Morgan fingerprint density at radius 3 is 2.62 bits per heavy atom. The average molecular weight is 217 g/mol. The zero-order valence-electron chi connectivity index (χ0n) is 8.06. The van der Waals surface area contributed by atoms with Crippen LogP contribution in [0.1, 0.15) is 35.3 Å². The molecule has 0 bridgehead atoms. The zero-order chi connectivity index (χ0) is 10.0. The maximum atomic E-state index is 11.6. The predicted molar refractivity (Wildman–Crippen MR) is 57.9 cm³/mol. The highest BCUT2D eigenvalue weighted by Gasteiger charge is 2.15. The molecule has 0 amide bonds. The van der Waals surface area contributed by atoms with Gasteiger partial charge in [0.05, 0.1) is 9.90 Å². The third-order valence-corrected chi connectivity index (χ3v) is 3.59. The summed E-state index contributed by atoms with van der Waals surface area (Å²) in [6, 6.07) is 1.79. The zero-order valence-corrected chi connectivity index (χ0v) is 9.63. The van der Waals surface area contributed by atoms with Gasteiger partial charge in [0.2, 0.25) is 0 Å². The van der Waals surface area contributed by atoms with E-state index in [1.165, 1.54) is 11.3 Å². The van der Waals surface area contributed by atoms with Crippen LogP contribution < -0.4 is 0 Å². The topological polar surface area (TPSA) is 17.1 Å². The molecule has 0 aliphatic carbocycles. The van der Waals surface area contributed by atoms with Crippen LogP contribution in [0, 0.1) is 5.92 Å². The van der Waals surface area contributed by atoms with Crippen LogP contribution in [0.2, 0.25) is 5.02 Å². The summed E-state index contributed by atoms with van der Waals surface area (Å²) in [6.07, 6.45) is 0.898. The maximum absolute atomic E-state index is 11.6. The second kappa shape index (κ2) is 4.25. The van der Waals surface area contributed by atoms with Crippen molar-refractivity contribution in [2.45, 2.75) is 27.2 Å². The Balaban J connectivity index is 2.97. The van der Waals surface area contributed by atoms with E-state index in [0.29, 0.717) is 0 Å². The number of rotatable bonds is 3. The first-order chi connectivity index (χ1) is 6.06. The summed E-state index contributed by atoms with van der Waals surface area (Å²) in [5.74, 6) is 0.242. The highest BCUT2D eigenvalue weighted by atomic mass is 35.5. The molecule has 0 unspecified atom stereocenters. The van der Waals surface area contributed by atoms with E-state index < -0.39 is 0 Å². The first kappa shape index (κ1) is 10.7. The number of thiophene rings is 1. The van der Waals surface area contributed by atoms with Crippen molar-refractivity contribution in [1.82, 2.24) is 0 Å². The Labute approximate surface area is 87.7 Å². The number of aryl methyl sites for hydroxylation is 1. The van der Waals surface area contributed by atoms with Gasteiger partial charge in [0, 0.05) is 10.8 Å². The summed E-state index contributed by atoms with van der Waals surface area (Å²) in [5, 5.41) is 0.733. The molecule has 0 saturated heterocycles. The van der Waals surface area contributed by atoms with E-state index in [0.717, 1.165) is 21.2 Å². The molecular formula is C10H13ClOS. The van der Waals surface area contributed by atoms with Crippen LogP contribution in [0.4, 0.5) is 0 Å². The van der Waals surface area contributed by atoms with Crippen molar-refractivity contribution in [2.75, 3.05) is 0 Å². The first-order valence-electron chi connectivity index (χ1n) is 4.38. The molecule has 1 rings (SSSR count). The van der Waals surface area contributed by atoms with E-state index in [9.17, 15) is 4.79 Å². The molecule has 0 aliphatic rings. The third kappa shape index (κ3) is 2.32. The summed E-state index contributed by atoms with van der Waals surface area (Å²) in [6.45, 7) is 5.85. The number of carbonyl (C=O) groups excluding carboxylic acids is 1. The molecule has 13 heavy (non-hydrogen) atoms. The first-order valence-corrected chi connectivity index (χ1v) is 5.58. The minimum atomic E-state index is 0.0550. The SMILES string of the molecule is CCc1sc(C(=O)C(C)C)cc1Cl. The van der Waals surface area contributed by atoms with Gasteiger partial charge in [0.15, 0.2) is 5.78 Å². The van der Waals surface area contributed by atoms with Crippen molar-refractivity contribution in [2.24, 2.45) is 5.92 Å². The molecule has 1 aromatic rings. The molecule has 1 nitrogen and oxygen atoms in total. The van der Waals surface area contributed by atoms with Gasteiger partial charge >= 0.3 is 0 Å². The lowest BCUT2D eigenvalue weighted by atomic mass is 10.1. The van der Waals surface area contributed by atoms with Crippen LogP contribution in [-0.2, 0) is 6.42 Å². The Hall–Kier alpha value is -0.340. The fourth-order valence-corrected chi connectivity index (χ4v) is 2.56. The van der Waals surface area contributed by atoms with Crippen molar-refractivity contribution in [3.8, 4) is 0 Å². The monoisotopic (exact) mass is 216 g/mol. The molecular weight excluding hydrogens is 204 g/mol. The summed E-state index contributed by atoms with van der Waals surface area (Å²) in [4.78, 5) is 13.5. The second-order valence-electron chi connectivity index (χ2n) is 3.25. The molecule has 1 heterocycles. The van der Waals surface area contributed by atoms with Crippen molar-refractivity contribution >= 4 is 28.7 Å². The fourth-order valence-electron chi connectivity index (χ4n) is 1.05. The number of hydrogen-bond donors (Lipinski definition) is 0. The summed E-state index contributed by atoms with van der Waals surface area (Å²) < 4.78 is 0. The predicted octanol–water partition coefficient (Wildman–Crippen LogP) is 3.80. The number of hydrogen-bond acceptors (Lipinski definition) is 2. The van der Waals surface area contributed by atoms with Crippen LogP contribution in [0.25, 0.3) is 0 Å². The van der Waals surface area contributed by atoms with Gasteiger partial charge < -0.3 is 0 Å². The highest BCUT2D eigenvalue weighted by Crippen LogP contribution is 2.28. The lowest BCUT2D eigenvalue weighted by molar-refractivity contribution is 0.0943. The van der Waals surface area contributed by atoms with Crippen LogP contribution in [-0.4, -0.2) is 5.78 Å². The van der Waals surface area contributed by atoms with Gasteiger partial charge in [-0.3, -0.25) is 4.79 Å². The Morgan fingerprint density at radius 1 is 1.62 bits per heavy atom. The van der Waals surface area contributed by atoms with Crippen molar-refractivity contribution < 1.29 is 4.79 Å². The van der Waals surface area contributed by atoms with E-state index >= 15 is 0 Å². The summed E-state index contributed by atoms with van der Waals surface area (Å²) >= 11 is 7.47. The molecule has 0 N–H and O–H groups in total. The Bertz CT molecular complexity index is 315. The van der Waals surface area contributed by atoms with Gasteiger partial charge in [-0.2, -0.15) is 0 Å². The number of Topliss-reactive ketones (excluding diaryl/α,β-unsaturated/α-hetero) is 1. The lowest BCUT2D eigenvalue weighted by Gasteiger charge is -1.98. The number of ketones is 1. The van der Waals surface area contributed by atoms with E-state index in [1.54, 1.807) is 6.07 Å². The fraction of sp³-hybridized carbons (Fsp3) is 0.500. The highest BCUT2D eigenvalue weighted by molar-refractivity contribution is 7.14. The van der Waals surface area contributed by atoms with Gasteiger partial charge in [-0.15, -0.1) is 11.3 Å². The van der Waals surface area contributed by atoms with Gasteiger partial charge in [-0.1, -0.05) is 32.4 Å². The normalized spacial score (nSPS) is 10.8. The smallest absolute Gasteiger partial charge is 0.175 e. The number of halogens is 1. The molecule has 0 spiro atoms. The second-order valence-corrected chi connectivity index (χ2v) is 4.80. The van der Waals surface area contributed by atoms with Crippen LogP contribution in [0.15, 0.2) is 6.07 Å². The summed E-state index contributed by atoms with van der Waals surface area (Å²) in [5.41, 5.74) is 0. The molecule has 1 aromatic heterocycles.